The second kappa shape index (κ2) is 6.02. The Kier molecular flexibility index (Phi) is 4.62. The molecule has 4 heteroatoms. The third kappa shape index (κ3) is 3.45. The summed E-state index contributed by atoms with van der Waals surface area (Å²) in [5.74, 6) is -0.709. The highest BCUT2D eigenvalue weighted by molar-refractivity contribution is 5.70. The zero-order chi connectivity index (χ0) is 13.1. The summed E-state index contributed by atoms with van der Waals surface area (Å²) >= 11 is 0. The lowest BCUT2D eigenvalue weighted by atomic mass is 9.86. The number of carboxylic acids is 1. The fourth-order valence-electron chi connectivity index (χ4n) is 3.23. The van der Waals surface area contributed by atoms with E-state index in [-0.39, 0.29) is 5.92 Å². The molecule has 2 fully saturated rings. The zero-order valence-electron chi connectivity index (χ0n) is 11.6. The highest BCUT2D eigenvalue weighted by atomic mass is 16.4. The topological polar surface area (TPSA) is 52.6 Å². The van der Waals surface area contributed by atoms with Gasteiger partial charge in [-0.2, -0.15) is 0 Å². The lowest BCUT2D eigenvalue weighted by Gasteiger charge is -2.29. The van der Waals surface area contributed by atoms with Crippen molar-refractivity contribution in [2.45, 2.75) is 64.1 Å². The highest BCUT2D eigenvalue weighted by Gasteiger charge is 2.29. The SMILES string of the molecule is CC(C)N1CCC(NC2CCC(C(=O)O)CC2)C1. The molecule has 18 heavy (non-hydrogen) atoms. The molecule has 0 aromatic carbocycles. The molecule has 1 saturated carbocycles. The van der Waals surface area contributed by atoms with Gasteiger partial charge in [-0.25, -0.2) is 0 Å². The monoisotopic (exact) mass is 254 g/mol. The quantitative estimate of drug-likeness (QED) is 0.802. The van der Waals surface area contributed by atoms with Gasteiger partial charge in [-0.15, -0.1) is 0 Å². The van der Waals surface area contributed by atoms with E-state index in [1.807, 2.05) is 0 Å². The van der Waals surface area contributed by atoms with Gasteiger partial charge in [-0.3, -0.25) is 9.69 Å². The van der Waals surface area contributed by atoms with Gasteiger partial charge in [0.2, 0.25) is 0 Å². The number of likely N-dealkylation sites (tertiary alicyclic amines) is 1. The van der Waals surface area contributed by atoms with Gasteiger partial charge in [0.25, 0.3) is 0 Å². The van der Waals surface area contributed by atoms with Crippen LogP contribution in [0.4, 0.5) is 0 Å². The number of nitrogens with zero attached hydrogens (tertiary/aromatic N) is 1. The summed E-state index contributed by atoms with van der Waals surface area (Å²) in [6, 6.07) is 1.79. The van der Waals surface area contributed by atoms with Crippen LogP contribution in [-0.4, -0.2) is 47.2 Å². The number of carboxylic acid groups (broad SMARTS) is 1. The van der Waals surface area contributed by atoms with E-state index in [1.54, 1.807) is 0 Å². The second-order valence-corrected chi connectivity index (χ2v) is 6.13. The molecule has 4 nitrogen and oxygen atoms in total. The summed E-state index contributed by atoms with van der Waals surface area (Å²) in [4.78, 5) is 13.4. The third-order valence-electron chi connectivity index (χ3n) is 4.50. The lowest BCUT2D eigenvalue weighted by Crippen LogP contribution is -2.43. The zero-order valence-corrected chi connectivity index (χ0v) is 11.6. The van der Waals surface area contributed by atoms with Gasteiger partial charge in [0.15, 0.2) is 0 Å². The molecule has 0 amide bonds. The average molecular weight is 254 g/mol. The largest absolute Gasteiger partial charge is 0.481 e. The first kappa shape index (κ1) is 13.8. The Hall–Kier alpha value is -0.610. The molecule has 1 unspecified atom stereocenters. The molecule has 2 aliphatic rings. The molecule has 0 aromatic heterocycles. The van der Waals surface area contributed by atoms with E-state index in [0.29, 0.717) is 18.1 Å². The predicted octanol–water partition coefficient (Wildman–Crippen LogP) is 1.70. The van der Waals surface area contributed by atoms with Gasteiger partial charge in [0, 0.05) is 24.7 Å². The number of rotatable bonds is 4. The Morgan fingerprint density at radius 2 is 1.83 bits per heavy atom. The molecule has 0 aromatic rings. The maximum absolute atomic E-state index is 10.9. The van der Waals surface area contributed by atoms with Crippen LogP contribution in [0.5, 0.6) is 0 Å². The van der Waals surface area contributed by atoms with Crippen LogP contribution in [0.2, 0.25) is 0 Å². The minimum atomic E-state index is -0.611. The maximum atomic E-state index is 10.9. The number of hydrogen-bond donors (Lipinski definition) is 2. The smallest absolute Gasteiger partial charge is 0.306 e. The molecule has 2 N–H and O–H groups in total. The fourth-order valence-corrected chi connectivity index (χ4v) is 3.23. The van der Waals surface area contributed by atoms with E-state index < -0.39 is 5.97 Å². The number of aliphatic carboxylic acids is 1. The Balaban J connectivity index is 1.71. The van der Waals surface area contributed by atoms with Crippen LogP contribution >= 0.6 is 0 Å². The molecular formula is C14H26N2O2. The van der Waals surface area contributed by atoms with Crippen LogP contribution in [0.15, 0.2) is 0 Å². The van der Waals surface area contributed by atoms with E-state index in [9.17, 15) is 4.79 Å². The van der Waals surface area contributed by atoms with Gasteiger partial charge in [0.05, 0.1) is 5.92 Å². The molecule has 1 atom stereocenters. The first-order chi connectivity index (χ1) is 8.56. The summed E-state index contributed by atoms with van der Waals surface area (Å²) < 4.78 is 0. The van der Waals surface area contributed by atoms with Crippen LogP contribution in [0, 0.1) is 5.92 Å². The number of nitrogens with one attached hydrogen (secondary N) is 1. The molecule has 0 bridgehead atoms. The average Bonchev–Trinajstić information content (AvgIpc) is 2.78. The van der Waals surface area contributed by atoms with E-state index in [1.165, 1.54) is 13.0 Å². The second-order valence-electron chi connectivity index (χ2n) is 6.13. The van der Waals surface area contributed by atoms with E-state index in [0.717, 1.165) is 32.2 Å². The van der Waals surface area contributed by atoms with Gasteiger partial charge in [-0.05, 0) is 52.5 Å². The van der Waals surface area contributed by atoms with Crippen molar-refractivity contribution in [2.24, 2.45) is 5.92 Å². The normalized spacial score (nSPS) is 34.1. The Morgan fingerprint density at radius 1 is 1.17 bits per heavy atom. The minimum absolute atomic E-state index is 0.0983. The van der Waals surface area contributed by atoms with Gasteiger partial charge in [0.1, 0.15) is 0 Å². The van der Waals surface area contributed by atoms with Gasteiger partial charge < -0.3 is 10.4 Å². The van der Waals surface area contributed by atoms with Crippen molar-refractivity contribution in [3.05, 3.63) is 0 Å². The summed E-state index contributed by atoms with van der Waals surface area (Å²) in [5, 5.41) is 12.7. The highest BCUT2D eigenvalue weighted by Crippen LogP contribution is 2.25. The lowest BCUT2D eigenvalue weighted by molar-refractivity contribution is -0.142. The maximum Gasteiger partial charge on any atom is 0.306 e. The van der Waals surface area contributed by atoms with Crippen LogP contribution in [0.25, 0.3) is 0 Å². The Morgan fingerprint density at radius 3 is 2.33 bits per heavy atom. The van der Waals surface area contributed by atoms with Crippen molar-refractivity contribution < 1.29 is 9.90 Å². The Labute approximate surface area is 110 Å². The third-order valence-corrected chi connectivity index (χ3v) is 4.50. The standard InChI is InChI=1S/C14H26N2O2/c1-10(2)16-8-7-13(9-16)15-12-5-3-11(4-6-12)14(17)18/h10-13,15H,3-9H2,1-2H3,(H,17,18). The van der Waals surface area contributed by atoms with Crippen molar-refractivity contribution in [2.75, 3.05) is 13.1 Å². The number of carbonyl (C=O) groups is 1. The summed E-state index contributed by atoms with van der Waals surface area (Å²) in [7, 11) is 0. The molecule has 0 spiro atoms. The molecular weight excluding hydrogens is 228 g/mol. The van der Waals surface area contributed by atoms with Crippen LogP contribution in [0.3, 0.4) is 0 Å². The molecule has 104 valence electrons. The van der Waals surface area contributed by atoms with Gasteiger partial charge >= 0.3 is 5.97 Å². The van der Waals surface area contributed by atoms with Crippen LogP contribution in [-0.2, 0) is 4.79 Å². The molecule has 1 aliphatic carbocycles. The number of hydrogen-bond acceptors (Lipinski definition) is 3. The van der Waals surface area contributed by atoms with Crippen molar-refractivity contribution in [3.63, 3.8) is 0 Å². The van der Waals surface area contributed by atoms with Crippen molar-refractivity contribution in [3.8, 4) is 0 Å². The fraction of sp³-hybridized carbons (Fsp3) is 0.929. The summed E-state index contributed by atoms with van der Waals surface area (Å²) in [5.41, 5.74) is 0. The summed E-state index contributed by atoms with van der Waals surface area (Å²) in [6.45, 7) is 6.84. The van der Waals surface area contributed by atoms with Gasteiger partial charge in [-0.1, -0.05) is 0 Å². The molecule has 1 heterocycles. The van der Waals surface area contributed by atoms with E-state index in [2.05, 4.69) is 24.1 Å². The van der Waals surface area contributed by atoms with Crippen molar-refractivity contribution in [1.82, 2.24) is 10.2 Å². The minimum Gasteiger partial charge on any atom is -0.481 e. The molecule has 0 radical (unpaired) electrons. The van der Waals surface area contributed by atoms with Crippen LogP contribution < -0.4 is 5.32 Å². The molecule has 1 saturated heterocycles. The van der Waals surface area contributed by atoms with Crippen molar-refractivity contribution in [1.29, 1.82) is 0 Å². The Bertz CT molecular complexity index is 286. The van der Waals surface area contributed by atoms with E-state index in [4.69, 9.17) is 5.11 Å². The predicted molar refractivity (Wildman–Crippen MR) is 71.6 cm³/mol. The molecule has 1 aliphatic heterocycles. The summed E-state index contributed by atoms with van der Waals surface area (Å²) in [6.07, 6.45) is 4.96. The van der Waals surface area contributed by atoms with Crippen LogP contribution in [0.1, 0.15) is 46.0 Å². The van der Waals surface area contributed by atoms with Crippen molar-refractivity contribution >= 4 is 5.97 Å². The molecule has 2 rings (SSSR count). The first-order valence-electron chi connectivity index (χ1n) is 7.29. The first-order valence-corrected chi connectivity index (χ1v) is 7.29. The van der Waals surface area contributed by atoms with E-state index >= 15 is 0 Å².